The maximum absolute atomic E-state index is 10.0. The molecule has 0 amide bonds. The van der Waals surface area contributed by atoms with Crippen LogP contribution in [0, 0.1) is 0 Å². The molecule has 0 aromatic carbocycles. The molecule has 1 saturated carbocycles. The van der Waals surface area contributed by atoms with Crippen LogP contribution in [0.1, 0.15) is 50.2 Å². The largest absolute Gasteiger partial charge is 0.389 e. The van der Waals surface area contributed by atoms with Crippen LogP contribution >= 0.6 is 0 Å². The average molecular weight is 237 g/mol. The molecule has 17 heavy (non-hydrogen) atoms. The van der Waals surface area contributed by atoms with Crippen molar-refractivity contribution in [2.24, 2.45) is 0 Å². The molecule has 3 rings (SSSR count). The Morgan fingerprint density at radius 1 is 1.53 bits per heavy atom. The molecule has 94 valence electrons. The van der Waals surface area contributed by atoms with E-state index in [9.17, 15) is 5.11 Å². The Bertz CT molecular complexity index is 398. The second kappa shape index (κ2) is 4.07. The Labute approximate surface area is 101 Å². The van der Waals surface area contributed by atoms with Crippen LogP contribution in [-0.2, 0) is 6.54 Å². The third kappa shape index (κ3) is 2.66. The molecule has 0 radical (unpaired) electrons. The number of piperidine rings is 1. The summed E-state index contributed by atoms with van der Waals surface area (Å²) in [6, 6.07) is 0. The fraction of sp³-hybridized carbons (Fsp3) is 0.833. The van der Waals surface area contributed by atoms with E-state index in [1.807, 2.05) is 6.92 Å². The van der Waals surface area contributed by atoms with Gasteiger partial charge in [-0.25, -0.2) is 0 Å². The van der Waals surface area contributed by atoms with Gasteiger partial charge in [0.05, 0.1) is 12.1 Å². The minimum absolute atomic E-state index is 0.539. The summed E-state index contributed by atoms with van der Waals surface area (Å²) in [5, 5.41) is 14.0. The van der Waals surface area contributed by atoms with Gasteiger partial charge in [-0.05, 0) is 39.2 Å². The minimum atomic E-state index is -0.572. The Hall–Kier alpha value is -0.940. The lowest BCUT2D eigenvalue weighted by atomic mass is 9.95. The van der Waals surface area contributed by atoms with Crippen LogP contribution < -0.4 is 0 Å². The number of β-amino-alcohol motifs (C(OH)–C–C–N with tert-alkyl or cyclic N) is 1. The van der Waals surface area contributed by atoms with Gasteiger partial charge in [0.2, 0.25) is 5.89 Å². The summed E-state index contributed by atoms with van der Waals surface area (Å²) in [6.45, 7) is 4.24. The normalized spacial score (nSPS) is 30.7. The monoisotopic (exact) mass is 237 g/mol. The van der Waals surface area contributed by atoms with Crippen molar-refractivity contribution in [2.75, 3.05) is 13.1 Å². The predicted octanol–water partition coefficient (Wildman–Crippen LogP) is 1.29. The maximum atomic E-state index is 10.0. The van der Waals surface area contributed by atoms with Crippen LogP contribution in [-0.4, -0.2) is 38.8 Å². The predicted molar refractivity (Wildman–Crippen MR) is 61.4 cm³/mol. The first-order chi connectivity index (χ1) is 8.12. The summed E-state index contributed by atoms with van der Waals surface area (Å²) >= 11 is 0. The molecule has 1 saturated heterocycles. The molecule has 0 bridgehead atoms. The summed E-state index contributed by atoms with van der Waals surface area (Å²) in [5.74, 6) is 2.09. The van der Waals surface area contributed by atoms with Gasteiger partial charge in [-0.3, -0.25) is 4.90 Å². The fourth-order valence-electron chi connectivity index (χ4n) is 2.49. The van der Waals surface area contributed by atoms with Crippen molar-refractivity contribution in [1.29, 1.82) is 0 Å². The molecule has 1 unspecified atom stereocenters. The number of hydrogen-bond donors (Lipinski definition) is 1. The summed E-state index contributed by atoms with van der Waals surface area (Å²) in [5.41, 5.74) is -0.572. The van der Waals surface area contributed by atoms with Crippen LogP contribution in [0.15, 0.2) is 4.52 Å². The first kappa shape index (κ1) is 11.2. The molecule has 5 heteroatoms. The molecule has 2 heterocycles. The summed E-state index contributed by atoms with van der Waals surface area (Å²) in [7, 11) is 0. The zero-order valence-corrected chi connectivity index (χ0v) is 10.2. The molecule has 2 aliphatic rings. The van der Waals surface area contributed by atoms with Crippen LogP contribution in [0.4, 0.5) is 0 Å². The lowest BCUT2D eigenvalue weighted by Gasteiger charge is -2.35. The highest BCUT2D eigenvalue weighted by molar-refractivity contribution is 5.03. The first-order valence-electron chi connectivity index (χ1n) is 6.40. The highest BCUT2D eigenvalue weighted by atomic mass is 16.5. The van der Waals surface area contributed by atoms with E-state index in [1.54, 1.807) is 0 Å². The Morgan fingerprint density at radius 2 is 2.35 bits per heavy atom. The third-order valence-electron chi connectivity index (χ3n) is 3.54. The topological polar surface area (TPSA) is 62.4 Å². The second-order valence-corrected chi connectivity index (χ2v) is 5.63. The van der Waals surface area contributed by atoms with Crippen LogP contribution in [0.2, 0.25) is 0 Å². The zero-order valence-electron chi connectivity index (χ0n) is 10.2. The standard InChI is InChI=1S/C12H19N3O2/c1-12(16)5-2-6-15(8-12)7-10-13-11(14-17-10)9-3-4-9/h9,16H,2-8H2,1H3. The van der Waals surface area contributed by atoms with Gasteiger partial charge in [-0.15, -0.1) is 0 Å². The van der Waals surface area contributed by atoms with Crippen molar-refractivity contribution < 1.29 is 9.63 Å². The molecule has 0 spiro atoms. The van der Waals surface area contributed by atoms with E-state index in [4.69, 9.17) is 4.52 Å². The molecule has 1 N–H and O–H groups in total. The molecule has 1 aliphatic heterocycles. The number of hydrogen-bond acceptors (Lipinski definition) is 5. The van der Waals surface area contributed by atoms with Crippen molar-refractivity contribution in [2.45, 2.75) is 50.7 Å². The molecule has 1 aromatic rings. The van der Waals surface area contributed by atoms with Gasteiger partial charge in [0.15, 0.2) is 5.82 Å². The molecular weight excluding hydrogens is 218 g/mol. The maximum Gasteiger partial charge on any atom is 0.240 e. The van der Waals surface area contributed by atoms with Gasteiger partial charge in [-0.2, -0.15) is 4.98 Å². The molecule has 5 nitrogen and oxygen atoms in total. The SMILES string of the molecule is CC1(O)CCCN(Cc2nc(C3CC3)no2)C1. The van der Waals surface area contributed by atoms with Crippen molar-refractivity contribution in [3.8, 4) is 0 Å². The molecule has 2 fully saturated rings. The number of aliphatic hydroxyl groups is 1. The summed E-state index contributed by atoms with van der Waals surface area (Å²) in [4.78, 5) is 6.60. The average Bonchev–Trinajstić information content (AvgIpc) is 2.99. The van der Waals surface area contributed by atoms with E-state index >= 15 is 0 Å². The van der Waals surface area contributed by atoms with Gasteiger partial charge in [0.25, 0.3) is 0 Å². The van der Waals surface area contributed by atoms with E-state index in [2.05, 4.69) is 15.0 Å². The number of likely N-dealkylation sites (tertiary alicyclic amines) is 1. The van der Waals surface area contributed by atoms with Crippen molar-refractivity contribution >= 4 is 0 Å². The Morgan fingerprint density at radius 3 is 3.06 bits per heavy atom. The van der Waals surface area contributed by atoms with Gasteiger partial charge < -0.3 is 9.63 Å². The first-order valence-corrected chi connectivity index (χ1v) is 6.40. The lowest BCUT2D eigenvalue weighted by Crippen LogP contribution is -2.45. The lowest BCUT2D eigenvalue weighted by molar-refractivity contribution is -0.0207. The van der Waals surface area contributed by atoms with Crippen molar-refractivity contribution in [3.63, 3.8) is 0 Å². The number of nitrogens with zero attached hydrogens (tertiary/aromatic N) is 3. The van der Waals surface area contributed by atoms with Gasteiger partial charge >= 0.3 is 0 Å². The molecule has 1 aromatic heterocycles. The molecule has 1 atom stereocenters. The van der Waals surface area contributed by atoms with Gasteiger partial charge in [0.1, 0.15) is 0 Å². The smallest absolute Gasteiger partial charge is 0.240 e. The van der Waals surface area contributed by atoms with Crippen LogP contribution in [0.5, 0.6) is 0 Å². The van der Waals surface area contributed by atoms with Gasteiger partial charge in [0, 0.05) is 12.5 Å². The number of aromatic nitrogens is 2. The number of rotatable bonds is 3. The second-order valence-electron chi connectivity index (χ2n) is 5.63. The van der Waals surface area contributed by atoms with E-state index in [0.29, 0.717) is 24.9 Å². The summed E-state index contributed by atoms with van der Waals surface area (Å²) < 4.78 is 5.25. The van der Waals surface area contributed by atoms with E-state index < -0.39 is 5.60 Å². The quantitative estimate of drug-likeness (QED) is 0.858. The zero-order chi connectivity index (χ0) is 11.9. The Balaban J connectivity index is 1.61. The van der Waals surface area contributed by atoms with Crippen molar-refractivity contribution in [1.82, 2.24) is 15.0 Å². The highest BCUT2D eigenvalue weighted by Crippen LogP contribution is 2.38. The van der Waals surface area contributed by atoms with E-state index in [1.165, 1.54) is 12.8 Å². The highest BCUT2D eigenvalue weighted by Gasteiger charge is 2.31. The minimum Gasteiger partial charge on any atom is -0.389 e. The molecule has 1 aliphatic carbocycles. The van der Waals surface area contributed by atoms with Crippen molar-refractivity contribution in [3.05, 3.63) is 11.7 Å². The Kier molecular flexibility index (Phi) is 2.67. The third-order valence-corrected chi connectivity index (χ3v) is 3.54. The van der Waals surface area contributed by atoms with Crippen LogP contribution in [0.25, 0.3) is 0 Å². The fourth-order valence-corrected chi connectivity index (χ4v) is 2.49. The van der Waals surface area contributed by atoms with E-state index in [0.717, 1.165) is 25.2 Å². The van der Waals surface area contributed by atoms with E-state index in [-0.39, 0.29) is 0 Å². The molecular formula is C12H19N3O2. The van der Waals surface area contributed by atoms with Gasteiger partial charge in [-0.1, -0.05) is 5.16 Å². The van der Waals surface area contributed by atoms with Crippen LogP contribution in [0.3, 0.4) is 0 Å². The summed E-state index contributed by atoms with van der Waals surface area (Å²) in [6.07, 6.45) is 4.28.